The minimum absolute atomic E-state index is 0.169. The van der Waals surface area contributed by atoms with Crippen LogP contribution in [0.1, 0.15) is 16.1 Å². The van der Waals surface area contributed by atoms with Gasteiger partial charge in [0.25, 0.3) is 5.91 Å². The number of hydrogen-bond acceptors (Lipinski definition) is 5. The molecule has 4 aromatic rings. The van der Waals surface area contributed by atoms with Gasteiger partial charge in [0.15, 0.2) is 0 Å². The Bertz CT molecular complexity index is 1190. The lowest BCUT2D eigenvalue weighted by Gasteiger charge is -2.10. The molecule has 1 amide bonds. The number of benzene rings is 2. The topological polar surface area (TPSA) is 64.1 Å². The maximum Gasteiger partial charge on any atom is 0.252 e. The molecule has 0 spiro atoms. The average molecular weight is 428 g/mol. The first-order chi connectivity index (χ1) is 15.2. The molecule has 0 aliphatic heterocycles. The van der Waals surface area contributed by atoms with Crippen molar-refractivity contribution < 1.29 is 9.53 Å². The summed E-state index contributed by atoms with van der Waals surface area (Å²) in [6.07, 6.45) is 5.34. The van der Waals surface area contributed by atoms with Crippen molar-refractivity contribution in [1.29, 1.82) is 0 Å². The zero-order valence-electron chi connectivity index (χ0n) is 17.0. The van der Waals surface area contributed by atoms with Crippen LogP contribution in [0.4, 0.5) is 0 Å². The molecule has 0 radical (unpaired) electrons. The summed E-state index contributed by atoms with van der Waals surface area (Å²) in [5.41, 5.74) is 4.13. The third-order valence-corrected chi connectivity index (χ3v) is 5.54. The van der Waals surface area contributed by atoms with Crippen molar-refractivity contribution in [2.75, 3.05) is 7.11 Å². The minimum atomic E-state index is -0.169. The molecule has 2 heterocycles. The summed E-state index contributed by atoms with van der Waals surface area (Å²) in [6, 6.07) is 21.1. The van der Waals surface area contributed by atoms with Gasteiger partial charge in [-0.2, -0.15) is 0 Å². The number of thiazole rings is 1. The van der Waals surface area contributed by atoms with Gasteiger partial charge in [0.2, 0.25) is 0 Å². The molecule has 6 heteroatoms. The molecule has 2 aromatic carbocycles. The fourth-order valence-electron chi connectivity index (χ4n) is 3.14. The van der Waals surface area contributed by atoms with Crippen LogP contribution < -0.4 is 10.1 Å². The van der Waals surface area contributed by atoms with E-state index in [1.807, 2.05) is 78.2 Å². The highest BCUT2D eigenvalue weighted by atomic mass is 32.1. The first-order valence-corrected chi connectivity index (χ1v) is 10.7. The van der Waals surface area contributed by atoms with E-state index in [4.69, 9.17) is 4.74 Å². The van der Waals surface area contributed by atoms with Crippen molar-refractivity contribution in [1.82, 2.24) is 15.3 Å². The summed E-state index contributed by atoms with van der Waals surface area (Å²) >= 11 is 1.52. The first-order valence-electron chi connectivity index (χ1n) is 9.78. The number of methoxy groups -OCH3 is 1. The number of carbonyl (C=O) groups is 1. The largest absolute Gasteiger partial charge is 0.496 e. The van der Waals surface area contributed by atoms with Crippen molar-refractivity contribution in [2.24, 2.45) is 0 Å². The summed E-state index contributed by atoms with van der Waals surface area (Å²) in [7, 11) is 1.62. The lowest BCUT2D eigenvalue weighted by Crippen LogP contribution is -2.23. The molecule has 0 fully saturated rings. The Labute approximate surface area is 185 Å². The van der Waals surface area contributed by atoms with Crippen LogP contribution in [0.3, 0.4) is 0 Å². The molecule has 0 aliphatic rings. The van der Waals surface area contributed by atoms with Crippen LogP contribution in [0.25, 0.3) is 22.9 Å². The Morgan fingerprint density at radius 1 is 1.03 bits per heavy atom. The molecule has 0 unspecified atom stereocenters. The monoisotopic (exact) mass is 427 g/mol. The summed E-state index contributed by atoms with van der Waals surface area (Å²) in [4.78, 5) is 21.8. The molecule has 0 aliphatic carbocycles. The summed E-state index contributed by atoms with van der Waals surface area (Å²) in [5, 5.41) is 5.83. The van der Waals surface area contributed by atoms with E-state index in [1.165, 1.54) is 11.3 Å². The molecule has 0 saturated carbocycles. The highest BCUT2D eigenvalue weighted by Crippen LogP contribution is 2.25. The van der Waals surface area contributed by atoms with Gasteiger partial charge in [-0.1, -0.05) is 48.5 Å². The second-order valence-corrected chi connectivity index (χ2v) is 7.65. The Hall–Kier alpha value is -3.77. The highest BCUT2D eigenvalue weighted by molar-refractivity contribution is 7.09. The second-order valence-electron chi connectivity index (χ2n) is 6.71. The summed E-state index contributed by atoms with van der Waals surface area (Å²) in [5.74, 6) is 0.545. The van der Waals surface area contributed by atoms with Gasteiger partial charge in [0, 0.05) is 34.5 Å². The fourth-order valence-corrected chi connectivity index (χ4v) is 3.88. The number of hydrogen-bond donors (Lipinski definition) is 1. The van der Waals surface area contributed by atoms with E-state index in [2.05, 4.69) is 15.3 Å². The van der Waals surface area contributed by atoms with Crippen LogP contribution in [-0.4, -0.2) is 23.0 Å². The van der Waals surface area contributed by atoms with Gasteiger partial charge < -0.3 is 10.1 Å². The molecule has 2 aromatic heterocycles. The van der Waals surface area contributed by atoms with Crippen LogP contribution >= 0.6 is 11.3 Å². The van der Waals surface area contributed by atoms with Gasteiger partial charge in [-0.3, -0.25) is 9.78 Å². The van der Waals surface area contributed by atoms with Gasteiger partial charge in [-0.15, -0.1) is 11.3 Å². The van der Waals surface area contributed by atoms with Gasteiger partial charge in [0.05, 0.1) is 19.3 Å². The molecule has 5 nitrogen and oxygen atoms in total. The molecule has 31 heavy (non-hydrogen) atoms. The van der Waals surface area contributed by atoms with Crippen LogP contribution in [0.5, 0.6) is 5.75 Å². The maximum absolute atomic E-state index is 13.1. The Morgan fingerprint density at radius 3 is 2.55 bits per heavy atom. The molecular formula is C25H21N3O2S. The van der Waals surface area contributed by atoms with Gasteiger partial charge in [-0.25, -0.2) is 4.98 Å². The number of nitrogens with one attached hydrogen (secondary N) is 1. The van der Waals surface area contributed by atoms with E-state index in [1.54, 1.807) is 19.5 Å². The van der Waals surface area contributed by atoms with Gasteiger partial charge >= 0.3 is 0 Å². The van der Waals surface area contributed by atoms with Crippen LogP contribution in [-0.2, 0) is 11.3 Å². The zero-order chi connectivity index (χ0) is 21.5. The van der Waals surface area contributed by atoms with E-state index < -0.39 is 0 Å². The van der Waals surface area contributed by atoms with Gasteiger partial charge in [0.1, 0.15) is 10.8 Å². The van der Waals surface area contributed by atoms with Crippen molar-refractivity contribution in [2.45, 2.75) is 6.54 Å². The Kier molecular flexibility index (Phi) is 6.50. The molecule has 0 bridgehead atoms. The molecule has 0 atom stereocenters. The highest BCUT2D eigenvalue weighted by Gasteiger charge is 2.14. The predicted molar refractivity (Wildman–Crippen MR) is 124 cm³/mol. The summed E-state index contributed by atoms with van der Waals surface area (Å²) in [6.45, 7) is 0.352. The number of amides is 1. The van der Waals surface area contributed by atoms with Gasteiger partial charge in [-0.05, 0) is 29.8 Å². The first kappa shape index (κ1) is 20.5. The maximum atomic E-state index is 13.1. The predicted octanol–water partition coefficient (Wildman–Crippen LogP) is 5.07. The Morgan fingerprint density at radius 2 is 1.77 bits per heavy atom. The van der Waals surface area contributed by atoms with Crippen molar-refractivity contribution in [3.05, 3.63) is 101 Å². The number of rotatable bonds is 7. The van der Waals surface area contributed by atoms with E-state index >= 15 is 0 Å². The van der Waals surface area contributed by atoms with E-state index in [9.17, 15) is 4.79 Å². The third-order valence-electron chi connectivity index (χ3n) is 4.70. The molecule has 0 saturated heterocycles. The summed E-state index contributed by atoms with van der Waals surface area (Å²) < 4.78 is 5.45. The average Bonchev–Trinajstić information content (AvgIpc) is 3.31. The smallest absolute Gasteiger partial charge is 0.252 e. The lowest BCUT2D eigenvalue weighted by molar-refractivity contribution is -0.115. The van der Waals surface area contributed by atoms with E-state index in [-0.39, 0.29) is 5.91 Å². The second kappa shape index (κ2) is 9.82. The van der Waals surface area contributed by atoms with Crippen molar-refractivity contribution in [3.63, 3.8) is 0 Å². The van der Waals surface area contributed by atoms with E-state index in [0.29, 0.717) is 17.9 Å². The zero-order valence-corrected chi connectivity index (χ0v) is 17.8. The number of nitrogens with zero attached hydrogens (tertiary/aromatic N) is 2. The number of para-hydroxylation sites is 1. The van der Waals surface area contributed by atoms with Crippen molar-refractivity contribution in [3.8, 4) is 17.0 Å². The molecule has 4 rings (SSSR count). The fraction of sp³-hybridized carbons (Fsp3) is 0.0800. The number of ether oxygens (including phenoxy) is 1. The number of aromatic nitrogens is 2. The SMILES string of the molecule is COc1ccccc1/C=C(/C(=O)NCc1nc(-c2ccncc2)cs1)c1ccccc1. The Balaban J connectivity index is 1.56. The third kappa shape index (κ3) is 5.05. The van der Waals surface area contributed by atoms with Crippen LogP contribution in [0.2, 0.25) is 0 Å². The van der Waals surface area contributed by atoms with Crippen molar-refractivity contribution >= 4 is 28.9 Å². The number of pyridine rings is 1. The molecular weight excluding hydrogens is 406 g/mol. The number of carbonyl (C=O) groups excluding carboxylic acids is 1. The normalized spacial score (nSPS) is 11.2. The quantitative estimate of drug-likeness (QED) is 0.330. The van der Waals surface area contributed by atoms with Crippen LogP contribution in [0.15, 0.2) is 84.5 Å². The standard InChI is InChI=1S/C25H21N3O2S/c1-30-23-10-6-5-9-20(23)15-21(18-7-3-2-4-8-18)25(29)27-16-24-28-22(17-31-24)19-11-13-26-14-12-19/h2-15,17H,16H2,1H3,(H,27,29)/b21-15+. The molecule has 154 valence electrons. The molecule has 1 N–H and O–H groups in total. The minimum Gasteiger partial charge on any atom is -0.496 e. The van der Waals surface area contributed by atoms with Crippen LogP contribution in [0, 0.1) is 0 Å². The van der Waals surface area contributed by atoms with E-state index in [0.717, 1.165) is 27.4 Å². The lowest BCUT2D eigenvalue weighted by atomic mass is 10.0.